The molecule has 0 radical (unpaired) electrons. The molecule has 0 saturated heterocycles. The fourth-order valence-electron chi connectivity index (χ4n) is 7.11. The molecule has 3 N–H and O–H groups in total. The molecule has 4 aromatic rings. The van der Waals surface area contributed by atoms with Gasteiger partial charge in [-0.1, -0.05) is 66.1 Å². The van der Waals surface area contributed by atoms with Gasteiger partial charge in [0.2, 0.25) is 42.9 Å². The highest BCUT2D eigenvalue weighted by molar-refractivity contribution is 7.92. The molecule has 0 amide bonds. The van der Waals surface area contributed by atoms with Crippen LogP contribution in [0.2, 0.25) is 0 Å². The molecule has 58 heavy (non-hydrogen) atoms. The van der Waals surface area contributed by atoms with Crippen molar-refractivity contribution < 1.29 is 31.3 Å². The quantitative estimate of drug-likeness (QED) is 0.108. The SMILES string of the molecule is Cc1ccc(N(c2ccc(C)cc2)c2ccc(C3=C(O)/C(=C4/C=CC(=[N+](C5=CCC(C)C=C5)c5ccc(C)cc5)C=C4NS(C)(=O)=O)C3=O)c(NS(C)(=O)=O)c2)cc1. The molecule has 0 saturated carbocycles. The molecule has 3 aliphatic carbocycles. The fraction of sp³-hybridized carbons (Fsp3) is 0.174. The van der Waals surface area contributed by atoms with Crippen molar-refractivity contribution in [3.05, 3.63) is 178 Å². The Morgan fingerprint density at radius 1 is 0.707 bits per heavy atom. The van der Waals surface area contributed by atoms with Gasteiger partial charge in [-0.2, -0.15) is 4.58 Å². The minimum atomic E-state index is -3.86. The number of hydrogen-bond donors (Lipinski definition) is 3. The van der Waals surface area contributed by atoms with Crippen LogP contribution in [0.4, 0.5) is 28.4 Å². The number of hydrogen-bond acceptors (Lipinski definition) is 7. The minimum absolute atomic E-state index is 0.0832. The number of Topliss-reactive ketones (excluding diaryl/α,β-unsaturated/α-hetero) is 1. The fourth-order valence-corrected chi connectivity index (χ4v) is 8.24. The van der Waals surface area contributed by atoms with Crippen LogP contribution in [0.1, 0.15) is 35.6 Å². The molecule has 0 aromatic heterocycles. The molecule has 1 unspecified atom stereocenters. The van der Waals surface area contributed by atoms with Gasteiger partial charge in [-0.25, -0.2) is 16.8 Å². The topological polar surface area (TPSA) is 136 Å². The molecule has 0 fully saturated rings. The van der Waals surface area contributed by atoms with E-state index in [4.69, 9.17) is 0 Å². The van der Waals surface area contributed by atoms with E-state index >= 15 is 0 Å². The van der Waals surface area contributed by atoms with Crippen LogP contribution >= 0.6 is 0 Å². The van der Waals surface area contributed by atoms with Crippen molar-refractivity contribution in [2.45, 2.75) is 34.1 Å². The van der Waals surface area contributed by atoms with Crippen molar-refractivity contribution in [1.29, 1.82) is 0 Å². The molecule has 1 atom stereocenters. The first-order valence-corrected chi connectivity index (χ1v) is 22.5. The second-order valence-electron chi connectivity index (χ2n) is 15.0. The summed E-state index contributed by atoms with van der Waals surface area (Å²) in [5, 5.41) is 11.7. The van der Waals surface area contributed by atoms with Gasteiger partial charge in [-0.15, -0.1) is 0 Å². The summed E-state index contributed by atoms with van der Waals surface area (Å²) < 4.78 is 58.2. The van der Waals surface area contributed by atoms with E-state index in [1.165, 1.54) is 0 Å². The highest BCUT2D eigenvalue weighted by atomic mass is 32.2. The summed E-state index contributed by atoms with van der Waals surface area (Å²) in [4.78, 5) is 16.2. The van der Waals surface area contributed by atoms with Crippen molar-refractivity contribution in [3.63, 3.8) is 0 Å². The number of anilines is 4. The van der Waals surface area contributed by atoms with E-state index < -0.39 is 31.6 Å². The molecule has 0 spiro atoms. The molecular formula is C46H45N4O6S2+. The largest absolute Gasteiger partial charge is 0.506 e. The van der Waals surface area contributed by atoms with Gasteiger partial charge in [0.1, 0.15) is 5.76 Å². The van der Waals surface area contributed by atoms with E-state index in [1.54, 1.807) is 36.4 Å². The number of aliphatic hydroxyl groups excluding tert-OH is 1. The lowest BCUT2D eigenvalue weighted by atomic mass is 9.79. The molecule has 7 rings (SSSR count). The molecule has 296 valence electrons. The Morgan fingerprint density at radius 2 is 1.26 bits per heavy atom. The molecule has 3 aliphatic rings. The smallest absolute Gasteiger partial charge is 0.229 e. The van der Waals surface area contributed by atoms with Crippen LogP contribution < -0.4 is 14.3 Å². The Morgan fingerprint density at radius 3 is 1.78 bits per heavy atom. The first-order valence-electron chi connectivity index (χ1n) is 18.7. The van der Waals surface area contributed by atoms with Gasteiger partial charge in [0.15, 0.2) is 0 Å². The van der Waals surface area contributed by atoms with Crippen molar-refractivity contribution in [3.8, 4) is 0 Å². The number of nitrogens with zero attached hydrogens (tertiary/aromatic N) is 2. The molecule has 10 nitrogen and oxygen atoms in total. The number of rotatable bonds is 10. The van der Waals surface area contributed by atoms with E-state index in [2.05, 4.69) is 28.5 Å². The molecule has 4 aromatic carbocycles. The van der Waals surface area contributed by atoms with Crippen molar-refractivity contribution >= 4 is 65.6 Å². The summed E-state index contributed by atoms with van der Waals surface area (Å²) in [5.41, 5.74) is 8.16. The van der Waals surface area contributed by atoms with Crippen LogP contribution in [0, 0.1) is 26.7 Å². The van der Waals surface area contributed by atoms with Crippen LogP contribution in [0.3, 0.4) is 0 Å². The summed E-state index contributed by atoms with van der Waals surface area (Å²) in [5.74, 6) is -0.611. The standard InChI is InChI=1S/C46H44N4O6S2/c1-29-7-15-33(16-8-29)49(34-17-9-30(2)10-18-34)37-23-25-39(41(27-37)47-57(5,53)54)43-45(51)44(46(43)52)40-26-24-38(28-42(40)48-58(6,55)56)50(35-19-11-31(3)12-20-35)36-21-13-32(4)14-22-36/h7-13,15-28,32H,14H2,1-6H3,(H2,47,48,51,52)/p+1. The third-order valence-corrected chi connectivity index (χ3v) is 11.2. The van der Waals surface area contributed by atoms with Crippen molar-refractivity contribution in [2.24, 2.45) is 5.92 Å². The Bertz CT molecular complexity index is 2750. The van der Waals surface area contributed by atoms with Crippen LogP contribution in [0.25, 0.3) is 5.57 Å². The second-order valence-corrected chi connectivity index (χ2v) is 18.5. The van der Waals surface area contributed by atoms with E-state index in [1.807, 2.05) is 109 Å². The molecule has 0 bridgehead atoms. The zero-order chi connectivity index (χ0) is 41.5. The van der Waals surface area contributed by atoms with E-state index in [0.29, 0.717) is 17.3 Å². The van der Waals surface area contributed by atoms with Crippen LogP contribution in [0.15, 0.2) is 156 Å². The summed E-state index contributed by atoms with van der Waals surface area (Å²) >= 11 is 0. The molecular weight excluding hydrogens is 769 g/mol. The van der Waals surface area contributed by atoms with Crippen molar-refractivity contribution in [2.75, 3.05) is 22.1 Å². The van der Waals surface area contributed by atoms with Crippen LogP contribution in [0.5, 0.6) is 0 Å². The third kappa shape index (κ3) is 8.53. The maximum Gasteiger partial charge on any atom is 0.229 e. The monoisotopic (exact) mass is 813 g/mol. The Balaban J connectivity index is 1.36. The van der Waals surface area contributed by atoms with E-state index in [9.17, 15) is 26.7 Å². The Labute approximate surface area is 340 Å². The highest BCUT2D eigenvalue weighted by Gasteiger charge is 2.40. The first kappa shape index (κ1) is 40.0. The average molecular weight is 814 g/mol. The number of carbonyl (C=O) groups is 1. The highest BCUT2D eigenvalue weighted by Crippen LogP contribution is 2.45. The zero-order valence-electron chi connectivity index (χ0n) is 33.1. The maximum absolute atomic E-state index is 14.2. The van der Waals surface area contributed by atoms with Crippen molar-refractivity contribution in [1.82, 2.24) is 4.72 Å². The third-order valence-electron chi connectivity index (χ3n) is 10.0. The first-order chi connectivity index (χ1) is 27.5. The lowest BCUT2D eigenvalue weighted by Gasteiger charge is -2.29. The number of sulfonamides is 2. The van der Waals surface area contributed by atoms with Gasteiger partial charge in [-0.3, -0.25) is 14.2 Å². The Hall–Kier alpha value is -6.24. The lowest BCUT2D eigenvalue weighted by molar-refractivity contribution is -0.376. The van der Waals surface area contributed by atoms with Gasteiger partial charge in [0, 0.05) is 58.6 Å². The van der Waals surface area contributed by atoms with Crippen LogP contribution in [-0.4, -0.2) is 50.5 Å². The normalized spacial score (nSPS) is 19.0. The predicted molar refractivity (Wildman–Crippen MR) is 233 cm³/mol. The average Bonchev–Trinajstić information content (AvgIpc) is 3.15. The minimum Gasteiger partial charge on any atom is -0.506 e. The predicted octanol–water partition coefficient (Wildman–Crippen LogP) is 8.87. The number of aliphatic hydroxyl groups is 1. The van der Waals surface area contributed by atoms with Gasteiger partial charge in [-0.05, 0) is 87.7 Å². The molecule has 0 heterocycles. The Kier molecular flexibility index (Phi) is 10.8. The number of carbonyl (C=O) groups excluding carboxylic acids is 1. The van der Waals surface area contributed by atoms with Crippen LogP contribution in [-0.2, 0) is 24.8 Å². The number of ketones is 1. The molecule has 0 aliphatic heterocycles. The van der Waals surface area contributed by atoms with Gasteiger partial charge >= 0.3 is 0 Å². The number of benzene rings is 4. The molecule has 12 heteroatoms. The number of allylic oxidation sites excluding steroid dienone is 8. The zero-order valence-corrected chi connectivity index (χ0v) is 34.7. The van der Waals surface area contributed by atoms with Gasteiger partial charge in [0.05, 0.1) is 35.0 Å². The summed E-state index contributed by atoms with van der Waals surface area (Å²) in [6.07, 6.45) is 14.2. The summed E-state index contributed by atoms with van der Waals surface area (Å²) in [7, 11) is -7.71. The summed E-state index contributed by atoms with van der Waals surface area (Å²) in [6.45, 7) is 8.11. The van der Waals surface area contributed by atoms with Gasteiger partial charge < -0.3 is 10.0 Å². The number of aryl methyl sites for hydroxylation is 3. The van der Waals surface area contributed by atoms with Gasteiger partial charge in [0.25, 0.3) is 0 Å². The number of nitrogens with one attached hydrogen (secondary N) is 2. The van der Waals surface area contributed by atoms with E-state index in [-0.39, 0.29) is 33.7 Å². The maximum atomic E-state index is 14.2. The summed E-state index contributed by atoms with van der Waals surface area (Å²) in [6, 6.07) is 28.8. The second kappa shape index (κ2) is 15.6. The lowest BCUT2D eigenvalue weighted by Crippen LogP contribution is -2.30. The van der Waals surface area contributed by atoms with E-state index in [0.717, 1.165) is 58.4 Å².